The summed E-state index contributed by atoms with van der Waals surface area (Å²) in [4.78, 5) is 1.11. The number of alkyl halides is 2. The molecule has 0 aromatic rings. The molecule has 2 unspecified atom stereocenters. The molecular weight excluding hydrogens is 388 g/mol. The third-order valence-corrected chi connectivity index (χ3v) is 5.79. The minimum absolute atomic E-state index is 0.279. The summed E-state index contributed by atoms with van der Waals surface area (Å²) in [5, 5.41) is 17.3. The van der Waals surface area contributed by atoms with Crippen molar-refractivity contribution >= 4 is 55.4 Å². The van der Waals surface area contributed by atoms with E-state index in [1.165, 1.54) is 0 Å². The number of rotatable bonds is 12. The Morgan fingerprint density at radius 2 is 1.18 bits per heavy atom. The van der Waals surface area contributed by atoms with Crippen molar-refractivity contribution in [1.82, 2.24) is 0 Å². The van der Waals surface area contributed by atoms with Crippen LogP contribution in [-0.4, -0.2) is 56.1 Å². The van der Waals surface area contributed by atoms with Crippen molar-refractivity contribution in [2.24, 2.45) is 0 Å². The van der Waals surface area contributed by atoms with Crippen molar-refractivity contribution in [2.45, 2.75) is 28.9 Å². The minimum Gasteiger partial charge on any atom is -0.396 e. The molecule has 0 spiro atoms. The summed E-state index contributed by atoms with van der Waals surface area (Å²) in [6, 6.07) is 0. The quantitative estimate of drug-likeness (QED) is 0.383. The number of hydrogen-bond donors (Lipinski definition) is 2. The van der Waals surface area contributed by atoms with Crippen molar-refractivity contribution in [3.63, 3.8) is 0 Å². The van der Waals surface area contributed by atoms with Gasteiger partial charge in [-0.15, -0.1) is 0 Å². The first-order chi connectivity index (χ1) is 8.20. The van der Waals surface area contributed by atoms with Gasteiger partial charge in [-0.3, -0.25) is 0 Å². The third kappa shape index (κ3) is 13.8. The Labute approximate surface area is 130 Å². The van der Waals surface area contributed by atoms with Crippen molar-refractivity contribution in [2.75, 3.05) is 36.2 Å². The van der Waals surface area contributed by atoms with E-state index in [0.717, 1.165) is 42.3 Å². The lowest BCUT2D eigenvalue weighted by Gasteiger charge is -2.14. The van der Waals surface area contributed by atoms with E-state index in [4.69, 9.17) is 10.2 Å². The molecule has 0 aliphatic rings. The average molecular weight is 410 g/mol. The zero-order valence-electron chi connectivity index (χ0n) is 9.99. The molecule has 6 heteroatoms. The summed E-state index contributed by atoms with van der Waals surface area (Å²) in [5.74, 6) is 3.90. The summed E-state index contributed by atoms with van der Waals surface area (Å²) in [6.07, 6.45) is 3.44. The highest BCUT2D eigenvalue weighted by molar-refractivity contribution is 9.10. The van der Waals surface area contributed by atoms with E-state index >= 15 is 0 Å². The van der Waals surface area contributed by atoms with Gasteiger partial charge in [0.15, 0.2) is 0 Å². The van der Waals surface area contributed by atoms with E-state index in [1.807, 2.05) is 0 Å². The lowest BCUT2D eigenvalue weighted by molar-refractivity contribution is 0.322. The molecule has 0 aliphatic carbocycles. The van der Waals surface area contributed by atoms with Gasteiger partial charge < -0.3 is 10.2 Å². The van der Waals surface area contributed by atoms with Gasteiger partial charge in [-0.25, -0.2) is 0 Å². The van der Waals surface area contributed by atoms with Crippen LogP contribution in [0.2, 0.25) is 0 Å². The molecule has 0 fully saturated rings. The van der Waals surface area contributed by atoms with Crippen LogP contribution in [0.3, 0.4) is 0 Å². The van der Waals surface area contributed by atoms with Gasteiger partial charge in [0, 0.05) is 21.2 Å². The summed E-state index contributed by atoms with van der Waals surface area (Å²) in [6.45, 7) is 0.557. The molecule has 2 atom stereocenters. The van der Waals surface area contributed by atoms with Gasteiger partial charge >= 0.3 is 0 Å². The standard InChI is InChI=1S/C11H22Br2O2S2/c12-10(1-5-16-7-3-14)9-11(13)2-6-17-8-4-15/h10-11,14-15H,1-9H2. The second kappa shape index (κ2) is 14.0. The summed E-state index contributed by atoms with van der Waals surface area (Å²) >= 11 is 11.0. The molecule has 0 amide bonds. The van der Waals surface area contributed by atoms with Crippen LogP contribution in [0, 0.1) is 0 Å². The molecule has 2 nitrogen and oxygen atoms in total. The van der Waals surface area contributed by atoms with Crippen LogP contribution < -0.4 is 0 Å². The van der Waals surface area contributed by atoms with Gasteiger partial charge in [0.2, 0.25) is 0 Å². The molecular formula is C11H22Br2O2S2. The fraction of sp³-hybridized carbons (Fsp3) is 1.00. The lowest BCUT2D eigenvalue weighted by Crippen LogP contribution is -2.10. The van der Waals surface area contributed by atoms with Crippen LogP contribution in [0.25, 0.3) is 0 Å². The summed E-state index contributed by atoms with van der Waals surface area (Å²) in [7, 11) is 0. The normalized spacial score (nSPS) is 14.8. The smallest absolute Gasteiger partial charge is 0.0521 e. The molecule has 0 rings (SSSR count). The topological polar surface area (TPSA) is 40.5 Å². The Bertz CT molecular complexity index is 148. The summed E-state index contributed by atoms with van der Waals surface area (Å²) in [5.41, 5.74) is 0. The zero-order valence-corrected chi connectivity index (χ0v) is 14.8. The largest absolute Gasteiger partial charge is 0.396 e. The Balaban J connectivity index is 3.35. The van der Waals surface area contributed by atoms with Crippen LogP contribution in [0.15, 0.2) is 0 Å². The zero-order chi connectivity index (χ0) is 12.9. The van der Waals surface area contributed by atoms with Crippen LogP contribution in [0.1, 0.15) is 19.3 Å². The second-order valence-electron chi connectivity index (χ2n) is 3.68. The van der Waals surface area contributed by atoms with E-state index in [-0.39, 0.29) is 13.2 Å². The first-order valence-corrected chi connectivity index (χ1v) is 10.00. The monoisotopic (exact) mass is 408 g/mol. The molecule has 2 N–H and O–H groups in total. The predicted octanol–water partition coefficient (Wildman–Crippen LogP) is 3.13. The number of halogens is 2. The number of thioether (sulfide) groups is 2. The third-order valence-electron chi connectivity index (χ3n) is 2.13. The SMILES string of the molecule is OCCSCCC(Br)CC(Br)CCSCCO. The van der Waals surface area contributed by atoms with E-state index < -0.39 is 0 Å². The van der Waals surface area contributed by atoms with Crippen LogP contribution in [0.5, 0.6) is 0 Å². The fourth-order valence-electron chi connectivity index (χ4n) is 1.27. The van der Waals surface area contributed by atoms with Crippen LogP contribution in [0.4, 0.5) is 0 Å². The van der Waals surface area contributed by atoms with Crippen LogP contribution in [-0.2, 0) is 0 Å². The van der Waals surface area contributed by atoms with Gasteiger partial charge in [0.05, 0.1) is 13.2 Å². The van der Waals surface area contributed by atoms with Gasteiger partial charge in [-0.2, -0.15) is 23.5 Å². The number of aliphatic hydroxyl groups is 2. The highest BCUT2D eigenvalue weighted by Gasteiger charge is 2.11. The van der Waals surface area contributed by atoms with Crippen molar-refractivity contribution in [3.8, 4) is 0 Å². The van der Waals surface area contributed by atoms with Gasteiger partial charge in [-0.1, -0.05) is 31.9 Å². The molecule has 104 valence electrons. The van der Waals surface area contributed by atoms with Crippen LogP contribution >= 0.6 is 55.4 Å². The molecule has 17 heavy (non-hydrogen) atoms. The summed E-state index contributed by atoms with van der Waals surface area (Å²) < 4.78 is 0. The highest BCUT2D eigenvalue weighted by atomic mass is 79.9. The second-order valence-corrected chi connectivity index (χ2v) is 8.72. The molecule has 0 aromatic heterocycles. The Kier molecular flexibility index (Phi) is 15.3. The molecule has 0 bridgehead atoms. The average Bonchev–Trinajstić information content (AvgIpc) is 2.30. The number of hydrogen-bond acceptors (Lipinski definition) is 4. The molecule has 0 heterocycles. The van der Waals surface area contributed by atoms with Crippen molar-refractivity contribution in [3.05, 3.63) is 0 Å². The van der Waals surface area contributed by atoms with E-state index in [9.17, 15) is 0 Å². The van der Waals surface area contributed by atoms with Gasteiger partial charge in [0.25, 0.3) is 0 Å². The lowest BCUT2D eigenvalue weighted by atomic mass is 10.2. The minimum atomic E-state index is 0.279. The number of aliphatic hydroxyl groups excluding tert-OH is 2. The van der Waals surface area contributed by atoms with Crippen molar-refractivity contribution in [1.29, 1.82) is 0 Å². The maximum absolute atomic E-state index is 8.66. The Morgan fingerprint density at radius 1 is 0.765 bits per heavy atom. The van der Waals surface area contributed by atoms with E-state index in [2.05, 4.69) is 31.9 Å². The first kappa shape index (κ1) is 18.6. The Hall–Kier alpha value is 1.58. The van der Waals surface area contributed by atoms with E-state index in [0.29, 0.717) is 9.65 Å². The van der Waals surface area contributed by atoms with Gasteiger partial charge in [0.1, 0.15) is 0 Å². The van der Waals surface area contributed by atoms with E-state index in [1.54, 1.807) is 23.5 Å². The molecule has 0 saturated carbocycles. The highest BCUT2D eigenvalue weighted by Crippen LogP contribution is 2.22. The van der Waals surface area contributed by atoms with Crippen molar-refractivity contribution < 1.29 is 10.2 Å². The Morgan fingerprint density at radius 3 is 1.53 bits per heavy atom. The molecule has 0 radical (unpaired) electrons. The predicted molar refractivity (Wildman–Crippen MR) is 88.1 cm³/mol. The van der Waals surface area contributed by atoms with Gasteiger partial charge in [-0.05, 0) is 30.8 Å². The first-order valence-electron chi connectivity index (χ1n) is 5.86. The fourth-order valence-corrected chi connectivity index (χ4v) is 5.31. The maximum atomic E-state index is 8.66. The molecule has 0 aromatic carbocycles. The molecule has 0 aliphatic heterocycles. The molecule has 0 saturated heterocycles. The maximum Gasteiger partial charge on any atom is 0.0521 e.